The molecule has 5 aliphatic rings. The fourth-order valence-electron chi connectivity index (χ4n) is 15.7. The first-order valence-corrected chi connectivity index (χ1v) is 42.1. The molecule has 0 radical (unpaired) electrons. The van der Waals surface area contributed by atoms with Gasteiger partial charge in [0.1, 0.15) is 0 Å². The average molecular weight is 1650 g/mol. The minimum Gasteiger partial charge on any atom is -0.340 e. The zero-order chi connectivity index (χ0) is 84.8. The van der Waals surface area contributed by atoms with E-state index >= 15 is 0 Å². The maximum atomic E-state index is 13.4. The summed E-state index contributed by atoms with van der Waals surface area (Å²) >= 11 is 0. The van der Waals surface area contributed by atoms with Crippen molar-refractivity contribution in [2.75, 3.05) is 122 Å². The summed E-state index contributed by atoms with van der Waals surface area (Å²) in [5.74, 6) is 2.59. The van der Waals surface area contributed by atoms with Crippen molar-refractivity contribution < 1.29 is 28.8 Å². The van der Waals surface area contributed by atoms with E-state index in [-0.39, 0.29) is 41.5 Å². The van der Waals surface area contributed by atoms with Crippen molar-refractivity contribution >= 4 is 139 Å². The normalized spacial score (nSPS) is 16.7. The predicted molar refractivity (Wildman–Crippen MR) is 475 cm³/mol. The third-order valence-electron chi connectivity index (χ3n) is 22.4. The van der Waals surface area contributed by atoms with Crippen LogP contribution >= 0.6 is 0 Å². The summed E-state index contributed by atoms with van der Waals surface area (Å²) in [6.07, 6.45) is 16.8. The number of carbonyl (C=O) groups excluding carboxylic acids is 6. The lowest BCUT2D eigenvalue weighted by Gasteiger charge is -2.34. The van der Waals surface area contributed by atoms with Crippen LogP contribution in [-0.4, -0.2) is 211 Å². The van der Waals surface area contributed by atoms with Gasteiger partial charge >= 0.3 is 0 Å². The number of carbonyl (C=O) groups is 6. The first-order valence-electron chi connectivity index (χ1n) is 42.1. The molecule has 6 aromatic heterocycles. The first-order chi connectivity index (χ1) is 59.3. The van der Waals surface area contributed by atoms with E-state index in [2.05, 4.69) is 94.1 Å². The van der Waals surface area contributed by atoms with E-state index in [1.54, 1.807) is 30.8 Å². The van der Waals surface area contributed by atoms with E-state index in [0.29, 0.717) is 124 Å². The SMILES string of the molecule is CC1CCC(N(C)C(=O)c2cccc(Nc3nc4nc5c(cnn35)CCCCC(=O)Nc3cccc(c3)N4)c2)CN1.CCN(CC)C1CCN(C(=O)c2cccc(Nc3nc4nc5c(cnn35)CCCCC(=O)Nc3cccc(c3)N4)c2)C1.CN(C)CCN(C)C(=O)c1cccc(Nc2nc3nc4c(cnn24)CCCCC(=O)Nc2cccc(c2)N3)c1. The number of likely N-dealkylation sites (tertiary alicyclic amines) is 1. The van der Waals surface area contributed by atoms with Crippen LogP contribution in [0.25, 0.3) is 16.9 Å². The quantitative estimate of drug-likeness (QED) is 0.0429. The van der Waals surface area contributed by atoms with Crippen molar-refractivity contribution in [2.24, 2.45) is 0 Å². The Morgan fingerprint density at radius 1 is 0.434 bits per heavy atom. The highest BCUT2D eigenvalue weighted by Gasteiger charge is 2.31. The molecule has 2 fully saturated rings. The third kappa shape index (κ3) is 20.8. The number of aryl methyl sites for hydroxylation is 3. The van der Waals surface area contributed by atoms with Gasteiger partial charge in [-0.3, -0.25) is 33.7 Å². The van der Waals surface area contributed by atoms with Gasteiger partial charge in [-0.25, -0.2) is 0 Å². The number of benzene rings is 6. The number of rotatable bonds is 16. The molecule has 0 spiro atoms. The van der Waals surface area contributed by atoms with Gasteiger partial charge in [0.15, 0.2) is 16.9 Å². The average Bonchev–Trinajstić information content (AvgIpc) is 1.62. The maximum absolute atomic E-state index is 13.4. The van der Waals surface area contributed by atoms with Crippen molar-refractivity contribution in [2.45, 2.75) is 135 Å². The van der Waals surface area contributed by atoms with Gasteiger partial charge < -0.3 is 72.8 Å². The zero-order valence-corrected chi connectivity index (χ0v) is 69.9. The van der Waals surface area contributed by atoms with Crippen LogP contribution in [0.2, 0.25) is 0 Å². The fraction of sp³-hybridized carbons (Fsp3) is 0.360. The van der Waals surface area contributed by atoms with E-state index < -0.39 is 0 Å². The molecule has 12 bridgehead atoms. The van der Waals surface area contributed by atoms with Gasteiger partial charge in [-0.15, -0.1) is 0 Å². The van der Waals surface area contributed by atoms with Gasteiger partial charge in [-0.1, -0.05) is 50.2 Å². The van der Waals surface area contributed by atoms with Crippen LogP contribution in [0.15, 0.2) is 164 Å². The molecule has 3 atom stereocenters. The summed E-state index contributed by atoms with van der Waals surface area (Å²) in [6, 6.07) is 45.9. The van der Waals surface area contributed by atoms with Gasteiger partial charge in [0.25, 0.3) is 17.7 Å². The highest BCUT2D eigenvalue weighted by atomic mass is 16.2. The van der Waals surface area contributed by atoms with E-state index in [1.165, 1.54) is 0 Å². The molecule has 2 saturated heterocycles. The van der Waals surface area contributed by atoms with Gasteiger partial charge in [-0.2, -0.15) is 58.7 Å². The molecule has 12 aromatic rings. The van der Waals surface area contributed by atoms with Crippen LogP contribution in [0.4, 0.5) is 86.9 Å². The number of hydrogen-bond donors (Lipinski definition) is 10. The molecule has 3 unspecified atom stereocenters. The molecule has 11 heterocycles. The predicted octanol–water partition coefficient (Wildman–Crippen LogP) is 13.2. The monoisotopic (exact) mass is 1650 g/mol. The van der Waals surface area contributed by atoms with Crippen LogP contribution in [0, 0.1) is 0 Å². The number of anilines is 15. The number of nitrogens with zero attached hydrogens (tertiary/aromatic N) is 17. The summed E-state index contributed by atoms with van der Waals surface area (Å²) < 4.78 is 5.05. The largest absolute Gasteiger partial charge is 0.340 e. The smallest absolute Gasteiger partial charge is 0.253 e. The first kappa shape index (κ1) is 83.5. The Hall–Kier alpha value is -13.5. The van der Waals surface area contributed by atoms with Crippen LogP contribution in [0.1, 0.15) is 146 Å². The number of hydrogen-bond acceptors (Lipinski definition) is 24. The number of nitrogens with one attached hydrogen (secondary N) is 10. The zero-order valence-electron chi connectivity index (χ0n) is 69.9. The molecule has 632 valence electrons. The Labute approximate surface area is 707 Å². The minimum absolute atomic E-state index is 0.000211. The minimum atomic E-state index is -0.0505. The highest BCUT2D eigenvalue weighted by Crippen LogP contribution is 2.32. The second-order valence-electron chi connectivity index (χ2n) is 31.7. The molecule has 0 saturated carbocycles. The third-order valence-corrected chi connectivity index (χ3v) is 22.4. The second-order valence-corrected chi connectivity index (χ2v) is 31.7. The summed E-state index contributed by atoms with van der Waals surface area (Å²) in [5.41, 5.74) is 13.4. The molecule has 5 aliphatic heterocycles. The molecule has 122 heavy (non-hydrogen) atoms. The van der Waals surface area contributed by atoms with Crippen LogP contribution in [0.5, 0.6) is 0 Å². The molecule has 0 aliphatic carbocycles. The Bertz CT molecular complexity index is 5770. The lowest BCUT2D eigenvalue weighted by molar-refractivity contribution is -0.117. The topological polar surface area (TPSA) is 368 Å². The van der Waals surface area contributed by atoms with Crippen molar-refractivity contribution in [3.63, 3.8) is 0 Å². The second kappa shape index (κ2) is 38.7. The van der Waals surface area contributed by atoms with E-state index in [4.69, 9.17) is 29.9 Å². The lowest BCUT2D eigenvalue weighted by atomic mass is 10.0. The van der Waals surface area contributed by atoms with Crippen molar-refractivity contribution in [1.82, 2.24) is 88.6 Å². The summed E-state index contributed by atoms with van der Waals surface area (Å²) in [5, 5.41) is 46.0. The molecule has 33 nitrogen and oxygen atoms in total. The Balaban J connectivity index is 0.000000142. The van der Waals surface area contributed by atoms with Gasteiger partial charge in [-0.05, 0) is 220 Å². The molecule has 10 N–H and O–H groups in total. The molecular formula is C89H105N27O6. The number of aromatic nitrogens is 12. The highest BCUT2D eigenvalue weighted by molar-refractivity contribution is 5.98. The standard InChI is InChI=1S/C31H37N9O2.C30H35N9O2.C28H33N9O2/c1-3-38(4-2)26-15-16-39(20-26)29(42)21-10-7-11-23(17-21)35-31-37-30-34-25-13-8-12-24(18-25)33-27(41)14-6-5-9-22-19-32-40(31)28(22)36-30;1-19-13-14-25(18-31-19)38(2)28(41)20-8-5-9-22(15-20)35-30-37-29-34-24-11-6-10-23(16-24)33-26(40)12-4-3-7-21-17-32-39(30)27(21)36-29;1-35(2)14-15-36(3)26(39)19-9-6-10-21(16-19)32-28-34-27-31-23-12-7-11-22(17-23)30-24(38)13-5-4-8-20-18-29-37(28)25(20)33-27/h7-8,10-13,17-19,26H,3-6,9,14-16,20H2,1-2H3,(H,33,41)(H2,34,35,36,37);5-6,8-11,15-17,19,25,31H,3-4,7,12-14,18H2,1-2H3,(H,33,40)(H2,34,35,36,37);6-7,9-12,16-18H,4-5,8,13-15H2,1-3H3,(H,30,38)(H2,31,32,33,34). The number of fused-ring (bicyclic) bond motifs is 9. The molecule has 6 aromatic carbocycles. The van der Waals surface area contributed by atoms with E-state index in [1.807, 2.05) is 195 Å². The number of piperidine rings is 1. The number of amides is 6. The summed E-state index contributed by atoms with van der Waals surface area (Å²) in [6.45, 7) is 12.2. The van der Waals surface area contributed by atoms with Crippen molar-refractivity contribution in [3.05, 3.63) is 198 Å². The van der Waals surface area contributed by atoms with E-state index in [9.17, 15) is 28.8 Å². The van der Waals surface area contributed by atoms with Gasteiger partial charge in [0.2, 0.25) is 53.4 Å². The maximum Gasteiger partial charge on any atom is 0.253 e. The number of likely N-dealkylation sites (N-methyl/N-ethyl adjacent to an activating group) is 4. The van der Waals surface area contributed by atoms with E-state index in [0.717, 1.165) is 167 Å². The molecule has 6 amide bonds. The van der Waals surface area contributed by atoms with Crippen LogP contribution in [0.3, 0.4) is 0 Å². The molecule has 17 rings (SSSR count). The summed E-state index contributed by atoms with van der Waals surface area (Å²) in [7, 11) is 7.65. The van der Waals surface area contributed by atoms with Crippen molar-refractivity contribution in [3.8, 4) is 0 Å². The van der Waals surface area contributed by atoms with Crippen LogP contribution in [-0.2, 0) is 33.6 Å². The Kier molecular flexibility index (Phi) is 26.5. The Morgan fingerprint density at radius 3 is 1.22 bits per heavy atom. The van der Waals surface area contributed by atoms with Crippen LogP contribution < -0.4 is 53.2 Å². The molecular weight excluding hydrogens is 1540 g/mol. The van der Waals surface area contributed by atoms with Gasteiger partial charge in [0, 0.05) is 169 Å². The van der Waals surface area contributed by atoms with Crippen molar-refractivity contribution in [1.29, 1.82) is 0 Å². The molecule has 33 heteroatoms. The lowest BCUT2D eigenvalue weighted by Crippen LogP contribution is -2.49. The Morgan fingerprint density at radius 2 is 0.820 bits per heavy atom. The van der Waals surface area contributed by atoms with Gasteiger partial charge in [0.05, 0.1) is 18.6 Å². The fourth-order valence-corrected chi connectivity index (χ4v) is 15.7. The summed E-state index contributed by atoms with van der Waals surface area (Å²) in [4.78, 5) is 115.